The summed E-state index contributed by atoms with van der Waals surface area (Å²) in [5, 5.41) is 10.0. The van der Waals surface area contributed by atoms with E-state index in [-0.39, 0.29) is 57.8 Å². The minimum absolute atomic E-state index is 0. The van der Waals surface area contributed by atoms with Crippen LogP contribution < -0.4 is 56.5 Å². The Hall–Kier alpha value is 0.316. The van der Waals surface area contributed by atoms with Crippen LogP contribution in [-0.4, -0.2) is 15.9 Å². The van der Waals surface area contributed by atoms with Crippen molar-refractivity contribution in [1.82, 2.24) is 9.97 Å². The molecule has 1 heterocycles. The number of imidazole rings is 1. The molecule has 1 N–H and O–H groups in total. The number of carboxylic acid groups (broad SMARTS) is 1. The molecule has 0 aliphatic carbocycles. The summed E-state index contributed by atoms with van der Waals surface area (Å²) in [5.41, 5.74) is 0.581. The molecule has 54 valence electrons. The molecule has 0 saturated heterocycles. The predicted molar refractivity (Wildman–Crippen MR) is 32.0 cm³/mol. The first-order valence-electron chi connectivity index (χ1n) is 2.89. The number of H-pyrrole nitrogens is 1. The number of carbonyl (C=O) groups excluding carboxylic acids is 1. The number of aliphatic carboxylic acids is 1. The summed E-state index contributed by atoms with van der Waals surface area (Å²) < 4.78 is 0. The average Bonchev–Trinajstić information content (AvgIpc) is 2.13. The smallest absolute Gasteiger partial charge is 0.550 e. The number of carbonyl (C=O) groups is 1. The number of aromatic amines is 1. The van der Waals surface area contributed by atoms with E-state index < -0.39 is 5.97 Å². The van der Waals surface area contributed by atoms with E-state index in [1.165, 1.54) is 6.20 Å². The van der Waals surface area contributed by atoms with Gasteiger partial charge in [0.15, 0.2) is 0 Å². The second kappa shape index (κ2) is 5.05. The van der Waals surface area contributed by atoms with E-state index in [1.807, 2.05) is 0 Å². The first kappa shape index (κ1) is 11.3. The molecular weight excluding hydrogens is 171 g/mol. The van der Waals surface area contributed by atoms with Gasteiger partial charge in [-0.2, -0.15) is 0 Å². The summed E-state index contributed by atoms with van der Waals surface area (Å²) in [6.07, 6.45) is 1.39. The minimum atomic E-state index is -1.09. The topological polar surface area (TPSA) is 68.8 Å². The molecule has 5 heteroatoms. The Morgan fingerprint density at radius 2 is 2.45 bits per heavy atom. The third-order valence-electron chi connectivity index (χ3n) is 1.09. The Bertz CT molecular complexity index is 246. The van der Waals surface area contributed by atoms with Gasteiger partial charge in [0.1, 0.15) is 5.82 Å². The van der Waals surface area contributed by atoms with Crippen molar-refractivity contribution in [2.75, 3.05) is 0 Å². The van der Waals surface area contributed by atoms with Crippen LogP contribution in [0.15, 0.2) is 6.20 Å². The quantitative estimate of drug-likeness (QED) is 0.469. The van der Waals surface area contributed by atoms with Crippen LogP contribution in [-0.2, 0) is 11.2 Å². The molecule has 4 nitrogen and oxygen atoms in total. The average molecular weight is 178 g/mol. The summed E-state index contributed by atoms with van der Waals surface area (Å²) in [4.78, 5) is 16.6. The third-order valence-corrected chi connectivity index (χ3v) is 1.09. The van der Waals surface area contributed by atoms with Crippen molar-refractivity contribution in [3.63, 3.8) is 0 Å². The Kier molecular flexibility index (Phi) is 5.19. The van der Waals surface area contributed by atoms with Crippen molar-refractivity contribution in [2.24, 2.45) is 0 Å². The first-order valence-corrected chi connectivity index (χ1v) is 2.89. The molecule has 0 spiro atoms. The van der Waals surface area contributed by atoms with Crippen LogP contribution in [0.2, 0.25) is 0 Å². The zero-order valence-electron chi connectivity index (χ0n) is 6.55. The van der Waals surface area contributed by atoms with Gasteiger partial charge in [0, 0.05) is 24.3 Å². The van der Waals surface area contributed by atoms with Crippen LogP contribution in [0.1, 0.15) is 11.5 Å². The van der Waals surface area contributed by atoms with Crippen molar-refractivity contribution in [2.45, 2.75) is 13.3 Å². The molecule has 1 rings (SSSR count). The monoisotopic (exact) mass is 178 g/mol. The number of carboxylic acids is 1. The van der Waals surface area contributed by atoms with Gasteiger partial charge in [-0.15, -0.1) is 0 Å². The van der Waals surface area contributed by atoms with Gasteiger partial charge in [-0.25, -0.2) is 4.98 Å². The zero-order chi connectivity index (χ0) is 7.56. The van der Waals surface area contributed by atoms with E-state index >= 15 is 0 Å². The fraction of sp³-hybridized carbons (Fsp3) is 0.333. The largest absolute Gasteiger partial charge is 1.00 e. The summed E-state index contributed by atoms with van der Waals surface area (Å²) in [7, 11) is 0. The Morgan fingerprint density at radius 3 is 2.82 bits per heavy atom. The molecule has 0 atom stereocenters. The fourth-order valence-corrected chi connectivity index (χ4v) is 0.717. The molecule has 0 amide bonds. The van der Waals surface area contributed by atoms with E-state index in [9.17, 15) is 9.90 Å². The van der Waals surface area contributed by atoms with E-state index in [1.54, 1.807) is 6.92 Å². The Labute approximate surface area is 107 Å². The maximum atomic E-state index is 10.0. The molecule has 1 aromatic heterocycles. The number of hydrogen-bond donors (Lipinski definition) is 1. The van der Waals surface area contributed by atoms with Gasteiger partial charge < -0.3 is 14.9 Å². The van der Waals surface area contributed by atoms with Crippen LogP contribution in [0.5, 0.6) is 0 Å². The van der Waals surface area contributed by atoms with E-state index in [2.05, 4.69) is 9.97 Å². The number of rotatable bonds is 2. The van der Waals surface area contributed by atoms with Crippen LogP contribution in [0.25, 0.3) is 0 Å². The van der Waals surface area contributed by atoms with Crippen molar-refractivity contribution in [3.8, 4) is 0 Å². The number of aryl methyl sites for hydroxylation is 1. The van der Waals surface area contributed by atoms with Crippen molar-refractivity contribution >= 4 is 5.97 Å². The van der Waals surface area contributed by atoms with E-state index in [0.29, 0.717) is 5.69 Å². The summed E-state index contributed by atoms with van der Waals surface area (Å²) in [5.74, 6) is -0.375. The fourth-order valence-electron chi connectivity index (χ4n) is 0.717. The van der Waals surface area contributed by atoms with Crippen LogP contribution >= 0.6 is 0 Å². The first-order chi connectivity index (χ1) is 4.68. The molecule has 0 radical (unpaired) electrons. The van der Waals surface area contributed by atoms with Gasteiger partial charge in [0.05, 0.1) is 0 Å². The summed E-state index contributed by atoms with van der Waals surface area (Å²) >= 11 is 0. The van der Waals surface area contributed by atoms with Gasteiger partial charge in [-0.1, -0.05) is 0 Å². The maximum Gasteiger partial charge on any atom is 1.00 e. The second-order valence-corrected chi connectivity index (χ2v) is 2.04. The van der Waals surface area contributed by atoms with Gasteiger partial charge in [-0.05, 0) is 6.92 Å². The molecule has 0 aromatic carbocycles. The molecule has 1 aromatic rings. The Morgan fingerprint density at radius 1 is 1.82 bits per heavy atom. The van der Waals surface area contributed by atoms with Crippen LogP contribution in [0.3, 0.4) is 0 Å². The molecule has 0 bridgehead atoms. The minimum Gasteiger partial charge on any atom is -0.550 e. The van der Waals surface area contributed by atoms with Crippen molar-refractivity contribution < 1.29 is 61.3 Å². The SMILES string of the molecule is Cc1ncc(CC(=O)[O-])[nH]1.[K+]. The normalized spacial score (nSPS) is 8.82. The molecule has 0 unspecified atom stereocenters. The molecule has 11 heavy (non-hydrogen) atoms. The molecule has 0 aliphatic heterocycles. The third kappa shape index (κ3) is 4.02. The van der Waals surface area contributed by atoms with E-state index in [0.717, 1.165) is 5.82 Å². The maximum absolute atomic E-state index is 10.0. The zero-order valence-corrected chi connectivity index (χ0v) is 9.67. The van der Waals surface area contributed by atoms with Crippen LogP contribution in [0.4, 0.5) is 0 Å². The molecule has 0 fully saturated rings. The van der Waals surface area contributed by atoms with E-state index in [4.69, 9.17) is 0 Å². The van der Waals surface area contributed by atoms with Gasteiger partial charge in [0.25, 0.3) is 0 Å². The molecule has 0 saturated carbocycles. The predicted octanol–water partition coefficient (Wildman–Crippen LogP) is -3.99. The Balaban J connectivity index is 0.000001000. The van der Waals surface area contributed by atoms with Gasteiger partial charge in [0.2, 0.25) is 0 Å². The molecule has 0 aliphatic rings. The number of aromatic nitrogens is 2. The number of hydrogen-bond acceptors (Lipinski definition) is 3. The molecular formula is C6H7KN2O2. The summed E-state index contributed by atoms with van der Waals surface area (Å²) in [6.45, 7) is 1.76. The van der Waals surface area contributed by atoms with Crippen LogP contribution in [0, 0.1) is 6.92 Å². The number of nitrogens with zero attached hydrogens (tertiary/aromatic N) is 1. The summed E-state index contributed by atoms with van der Waals surface area (Å²) in [6, 6.07) is 0. The standard InChI is InChI=1S/C6H8N2O2.K/c1-4-7-3-5(8-4)2-6(9)10;/h3H,2H2,1H3,(H,7,8)(H,9,10);/q;+1/p-1. The second-order valence-electron chi connectivity index (χ2n) is 2.04. The van der Waals surface area contributed by atoms with Gasteiger partial charge >= 0.3 is 51.4 Å². The number of nitrogens with one attached hydrogen (secondary N) is 1. The van der Waals surface area contributed by atoms with Crippen molar-refractivity contribution in [3.05, 3.63) is 17.7 Å². The van der Waals surface area contributed by atoms with Gasteiger partial charge in [-0.3, -0.25) is 0 Å². The van der Waals surface area contributed by atoms with Crippen molar-refractivity contribution in [1.29, 1.82) is 0 Å².